The van der Waals surface area contributed by atoms with Crippen LogP contribution in [-0.2, 0) is 11.8 Å². The predicted molar refractivity (Wildman–Crippen MR) is 163 cm³/mol. The lowest BCUT2D eigenvalue weighted by Crippen LogP contribution is -2.36. The number of anilines is 3. The topological polar surface area (TPSA) is 117 Å². The van der Waals surface area contributed by atoms with Gasteiger partial charge in [0, 0.05) is 43.5 Å². The molecule has 1 atom stereocenters. The molecule has 1 aliphatic carbocycles. The number of aliphatic imine (C=N–C) groups is 1. The SMILES string of the molecule is Cc1cc2cc(n1)-c1cnn(C)c1OCCC[C@@H](C1CC1)CN1/C(=N/C2=O)Nc2cc(NC(=O)CCN(C)C)ccc21. The molecule has 1 aromatic carbocycles. The number of carbonyl (C=O) groups excluding carboxylic acids is 2. The van der Waals surface area contributed by atoms with Crippen LogP contribution in [0, 0.1) is 18.8 Å². The first-order chi connectivity index (χ1) is 20.2. The maximum atomic E-state index is 13.7. The lowest BCUT2D eigenvalue weighted by Gasteiger charge is -2.25. The number of pyridine rings is 1. The molecule has 2 aliphatic heterocycles. The lowest BCUT2D eigenvalue weighted by atomic mass is 9.97. The highest BCUT2D eigenvalue weighted by molar-refractivity contribution is 6.19. The highest BCUT2D eigenvalue weighted by atomic mass is 16.5. The first kappa shape index (κ1) is 27.9. The van der Waals surface area contributed by atoms with Crippen molar-refractivity contribution in [3.8, 4) is 17.1 Å². The van der Waals surface area contributed by atoms with Gasteiger partial charge in [-0.1, -0.05) is 0 Å². The number of ether oxygens (including phenoxy) is 1. The van der Waals surface area contributed by atoms with Crippen LogP contribution in [0.1, 0.15) is 48.2 Å². The molecule has 2 bridgehead atoms. The summed E-state index contributed by atoms with van der Waals surface area (Å²) in [6, 6.07) is 9.34. The Balaban J connectivity index is 1.35. The van der Waals surface area contributed by atoms with Gasteiger partial charge in [0.1, 0.15) is 0 Å². The minimum Gasteiger partial charge on any atom is -0.477 e. The van der Waals surface area contributed by atoms with Gasteiger partial charge in [-0.3, -0.25) is 14.6 Å². The number of aromatic nitrogens is 3. The second-order valence-corrected chi connectivity index (χ2v) is 11.8. The number of hydrogen-bond acceptors (Lipinski definition) is 8. The number of guanidine groups is 1. The summed E-state index contributed by atoms with van der Waals surface area (Å²) in [5, 5.41) is 10.8. The maximum absolute atomic E-state index is 13.7. The van der Waals surface area contributed by atoms with Crippen LogP contribution in [0.3, 0.4) is 0 Å². The Morgan fingerprint density at radius 3 is 2.79 bits per heavy atom. The van der Waals surface area contributed by atoms with Gasteiger partial charge in [0.25, 0.3) is 5.91 Å². The molecule has 1 fully saturated rings. The largest absolute Gasteiger partial charge is 0.477 e. The summed E-state index contributed by atoms with van der Waals surface area (Å²) in [6.45, 7) is 3.85. The van der Waals surface area contributed by atoms with E-state index in [0.29, 0.717) is 65.9 Å². The molecule has 11 nitrogen and oxygen atoms in total. The van der Waals surface area contributed by atoms with E-state index in [1.54, 1.807) is 23.0 Å². The Bertz CT molecular complexity index is 1540. The van der Waals surface area contributed by atoms with Crippen molar-refractivity contribution in [2.24, 2.45) is 23.9 Å². The second kappa shape index (κ2) is 11.6. The van der Waals surface area contributed by atoms with E-state index in [2.05, 4.69) is 30.6 Å². The fourth-order valence-corrected chi connectivity index (χ4v) is 5.73. The molecule has 3 aliphatic rings. The highest BCUT2D eigenvalue weighted by Gasteiger charge is 2.36. The Morgan fingerprint density at radius 1 is 1.17 bits per heavy atom. The van der Waals surface area contributed by atoms with Gasteiger partial charge in [-0.25, -0.2) is 4.68 Å². The molecule has 0 saturated heterocycles. The minimum atomic E-state index is -0.358. The fourth-order valence-electron chi connectivity index (χ4n) is 5.73. The van der Waals surface area contributed by atoms with Gasteiger partial charge in [-0.2, -0.15) is 10.1 Å². The molecule has 3 aromatic rings. The zero-order valence-corrected chi connectivity index (χ0v) is 24.7. The summed E-state index contributed by atoms with van der Waals surface area (Å²) in [4.78, 5) is 39.5. The van der Waals surface area contributed by atoms with Crippen LogP contribution >= 0.6 is 0 Å². The van der Waals surface area contributed by atoms with E-state index in [4.69, 9.17) is 4.74 Å². The number of carbonyl (C=O) groups is 2. The van der Waals surface area contributed by atoms with Crippen LogP contribution in [0.4, 0.5) is 17.1 Å². The van der Waals surface area contributed by atoms with Gasteiger partial charge in [0.2, 0.25) is 17.7 Å². The van der Waals surface area contributed by atoms with Crippen LogP contribution in [0.2, 0.25) is 0 Å². The Kier molecular flexibility index (Phi) is 7.68. The normalized spacial score (nSPS) is 19.8. The van der Waals surface area contributed by atoms with E-state index in [0.717, 1.165) is 36.3 Å². The number of benzene rings is 1. The van der Waals surface area contributed by atoms with E-state index in [-0.39, 0.29) is 11.8 Å². The zero-order chi connectivity index (χ0) is 29.4. The van der Waals surface area contributed by atoms with Gasteiger partial charge >= 0.3 is 0 Å². The predicted octanol–water partition coefficient (Wildman–Crippen LogP) is 4.31. The second-order valence-electron chi connectivity index (χ2n) is 11.8. The van der Waals surface area contributed by atoms with Gasteiger partial charge in [0.15, 0.2) is 0 Å². The van der Waals surface area contributed by atoms with Gasteiger partial charge in [-0.15, -0.1) is 0 Å². The molecule has 1 saturated carbocycles. The number of fused-ring (bicyclic) bond motifs is 7. The van der Waals surface area contributed by atoms with Crippen molar-refractivity contribution in [1.29, 1.82) is 0 Å². The molecule has 2 aromatic heterocycles. The summed E-state index contributed by atoms with van der Waals surface area (Å²) >= 11 is 0. The molecule has 42 heavy (non-hydrogen) atoms. The van der Waals surface area contributed by atoms with Crippen LogP contribution in [0.15, 0.2) is 41.5 Å². The van der Waals surface area contributed by atoms with E-state index in [9.17, 15) is 9.59 Å². The van der Waals surface area contributed by atoms with Gasteiger partial charge < -0.3 is 25.2 Å². The van der Waals surface area contributed by atoms with Crippen molar-refractivity contribution in [3.05, 3.63) is 47.8 Å². The third-order valence-electron chi connectivity index (χ3n) is 8.09. The number of nitrogens with zero attached hydrogens (tertiary/aromatic N) is 6. The van der Waals surface area contributed by atoms with Crippen molar-refractivity contribution in [2.75, 3.05) is 49.3 Å². The van der Waals surface area contributed by atoms with Crippen molar-refractivity contribution in [3.63, 3.8) is 0 Å². The van der Waals surface area contributed by atoms with Crippen LogP contribution in [-0.4, -0.2) is 71.2 Å². The molecular formula is C31H38N8O3. The molecule has 4 heterocycles. The number of nitrogens with one attached hydrogen (secondary N) is 2. The monoisotopic (exact) mass is 570 g/mol. The first-order valence-corrected chi connectivity index (χ1v) is 14.6. The maximum Gasteiger partial charge on any atom is 0.280 e. The number of amides is 2. The third-order valence-corrected chi connectivity index (χ3v) is 8.09. The smallest absolute Gasteiger partial charge is 0.280 e. The van der Waals surface area contributed by atoms with Gasteiger partial charge in [0.05, 0.1) is 35.4 Å². The summed E-state index contributed by atoms with van der Waals surface area (Å²) < 4.78 is 7.96. The fraction of sp³-hybridized carbons (Fsp3) is 0.452. The first-order valence-electron chi connectivity index (χ1n) is 14.6. The van der Waals surface area contributed by atoms with Crippen LogP contribution in [0.5, 0.6) is 5.88 Å². The van der Waals surface area contributed by atoms with E-state index >= 15 is 0 Å². The average molecular weight is 571 g/mol. The highest BCUT2D eigenvalue weighted by Crippen LogP contribution is 2.43. The number of rotatable bonds is 5. The van der Waals surface area contributed by atoms with E-state index < -0.39 is 0 Å². The van der Waals surface area contributed by atoms with E-state index in [1.807, 2.05) is 51.2 Å². The molecular weight excluding hydrogens is 532 g/mol. The minimum absolute atomic E-state index is 0.0411. The summed E-state index contributed by atoms with van der Waals surface area (Å²) in [5.41, 5.74) is 5.00. The van der Waals surface area contributed by atoms with Crippen molar-refractivity contribution in [2.45, 2.75) is 39.0 Å². The lowest BCUT2D eigenvalue weighted by molar-refractivity contribution is -0.116. The molecule has 0 unspecified atom stereocenters. The number of aryl methyl sites for hydroxylation is 2. The third kappa shape index (κ3) is 6.01. The molecule has 6 rings (SSSR count). The van der Waals surface area contributed by atoms with Crippen molar-refractivity contribution in [1.82, 2.24) is 19.7 Å². The Labute approximate surface area is 246 Å². The molecule has 0 radical (unpaired) electrons. The van der Waals surface area contributed by atoms with E-state index in [1.165, 1.54) is 12.8 Å². The van der Waals surface area contributed by atoms with Crippen molar-refractivity contribution >= 4 is 34.8 Å². The van der Waals surface area contributed by atoms with Crippen LogP contribution < -0.4 is 20.3 Å². The molecule has 2 N–H and O–H groups in total. The molecule has 220 valence electrons. The number of hydrogen-bond donors (Lipinski definition) is 2. The Hall–Kier alpha value is -4.25. The molecule has 2 amide bonds. The molecule has 11 heteroatoms. The zero-order valence-electron chi connectivity index (χ0n) is 24.7. The van der Waals surface area contributed by atoms with Gasteiger partial charge in [-0.05, 0) is 88.9 Å². The van der Waals surface area contributed by atoms with Crippen molar-refractivity contribution < 1.29 is 14.3 Å². The Morgan fingerprint density at radius 2 is 2.00 bits per heavy atom. The summed E-state index contributed by atoms with van der Waals surface area (Å²) in [5.74, 6) is 1.82. The summed E-state index contributed by atoms with van der Waals surface area (Å²) in [6.07, 6.45) is 6.46. The standard InChI is InChI=1S/C31H38N8O3/c1-19-14-22-15-25(33-19)24-17-32-38(4)30(24)42-13-5-6-21(20-7-8-20)18-39-27-10-9-23(34-28(40)11-12-37(2)3)16-26(27)35-31(39)36-29(22)41/h9-10,14-17,20-21H,5-8,11-13,18H2,1-4H3,(H,34,40)(H,35,36,41)/t21-/m1/s1. The van der Waals surface area contributed by atoms with Crippen LogP contribution in [0.25, 0.3) is 11.3 Å². The molecule has 0 spiro atoms. The average Bonchev–Trinajstić information content (AvgIpc) is 3.65. The quantitative estimate of drug-likeness (QED) is 0.466. The summed E-state index contributed by atoms with van der Waals surface area (Å²) in [7, 11) is 5.75.